The molecule has 2 nitrogen and oxygen atoms in total. The maximum absolute atomic E-state index is 4.48. The average Bonchev–Trinajstić information content (AvgIpc) is 2.86. The Kier molecular flexibility index (Phi) is 15.5. The molecular weight excluding hydrogens is 495 g/mol. The first-order valence-electron chi connectivity index (χ1n) is 7.51. The minimum absolute atomic E-state index is 0. The SMILES string of the molecule is BrCCCCCCc1nc[nH]c1CCCCCCBr.I. The molecule has 0 spiro atoms. The molecule has 1 N–H and O–H groups in total. The molecule has 0 aliphatic rings. The van der Waals surface area contributed by atoms with E-state index in [4.69, 9.17) is 0 Å². The predicted molar refractivity (Wildman–Crippen MR) is 106 cm³/mol. The highest BCUT2D eigenvalue weighted by atomic mass is 127. The van der Waals surface area contributed by atoms with Crippen molar-refractivity contribution in [3.05, 3.63) is 17.7 Å². The number of unbranched alkanes of at least 4 members (excludes halogenated alkanes) is 6. The number of rotatable bonds is 12. The van der Waals surface area contributed by atoms with Crippen LogP contribution in [0.3, 0.4) is 0 Å². The highest BCUT2D eigenvalue weighted by Gasteiger charge is 2.05. The van der Waals surface area contributed by atoms with Gasteiger partial charge in [-0.05, 0) is 38.5 Å². The van der Waals surface area contributed by atoms with Gasteiger partial charge in [0, 0.05) is 16.4 Å². The number of aryl methyl sites for hydroxylation is 2. The van der Waals surface area contributed by atoms with E-state index in [0.29, 0.717) is 0 Å². The summed E-state index contributed by atoms with van der Waals surface area (Å²) in [5.74, 6) is 0. The number of nitrogens with one attached hydrogen (secondary N) is 1. The summed E-state index contributed by atoms with van der Waals surface area (Å²) >= 11 is 6.96. The molecule has 0 fully saturated rings. The van der Waals surface area contributed by atoms with Crippen molar-refractivity contribution in [1.82, 2.24) is 9.97 Å². The Hall–Kier alpha value is 0.900. The lowest BCUT2D eigenvalue weighted by Crippen LogP contribution is -1.95. The molecule has 20 heavy (non-hydrogen) atoms. The molecule has 1 aromatic rings. The smallest absolute Gasteiger partial charge is 0.0925 e. The first-order valence-corrected chi connectivity index (χ1v) is 9.76. The van der Waals surface area contributed by atoms with Gasteiger partial charge in [0.25, 0.3) is 0 Å². The summed E-state index contributed by atoms with van der Waals surface area (Å²) in [6, 6.07) is 0. The lowest BCUT2D eigenvalue weighted by molar-refractivity contribution is 0.647. The zero-order valence-electron chi connectivity index (χ0n) is 12.2. The van der Waals surface area contributed by atoms with Crippen LogP contribution in [-0.4, -0.2) is 20.6 Å². The Balaban J connectivity index is 0.00000361. The fourth-order valence-electron chi connectivity index (χ4n) is 2.27. The first kappa shape index (κ1) is 20.9. The van der Waals surface area contributed by atoms with Gasteiger partial charge in [-0.15, -0.1) is 24.0 Å². The predicted octanol–water partition coefficient (Wildman–Crippen LogP) is 6.02. The van der Waals surface area contributed by atoms with Gasteiger partial charge >= 0.3 is 0 Å². The van der Waals surface area contributed by atoms with E-state index in [9.17, 15) is 0 Å². The van der Waals surface area contributed by atoms with Crippen LogP contribution in [0.25, 0.3) is 0 Å². The quantitative estimate of drug-likeness (QED) is 0.203. The Morgan fingerprint density at radius 3 is 1.95 bits per heavy atom. The average molecular weight is 522 g/mol. The molecular formula is C15H27Br2IN2. The molecule has 1 heterocycles. The second-order valence-electron chi connectivity index (χ2n) is 5.03. The Labute approximate surface area is 157 Å². The van der Waals surface area contributed by atoms with Gasteiger partial charge in [-0.1, -0.05) is 57.5 Å². The maximum atomic E-state index is 4.48. The summed E-state index contributed by atoms with van der Waals surface area (Å²) in [7, 11) is 0. The molecule has 0 aliphatic heterocycles. The molecule has 1 rings (SSSR count). The third-order valence-corrected chi connectivity index (χ3v) is 4.54. The van der Waals surface area contributed by atoms with Gasteiger partial charge in [0.05, 0.1) is 12.0 Å². The highest BCUT2D eigenvalue weighted by Crippen LogP contribution is 2.13. The molecule has 1 aromatic heterocycles. The van der Waals surface area contributed by atoms with Crippen molar-refractivity contribution in [1.29, 1.82) is 0 Å². The van der Waals surface area contributed by atoms with Crippen molar-refractivity contribution in [2.24, 2.45) is 0 Å². The molecule has 0 amide bonds. The van der Waals surface area contributed by atoms with Crippen molar-refractivity contribution in [3.8, 4) is 0 Å². The van der Waals surface area contributed by atoms with Crippen LogP contribution in [0.5, 0.6) is 0 Å². The molecule has 0 radical (unpaired) electrons. The second kappa shape index (κ2) is 14.8. The van der Waals surface area contributed by atoms with Gasteiger partial charge in [-0.25, -0.2) is 4.98 Å². The van der Waals surface area contributed by atoms with Crippen LogP contribution < -0.4 is 0 Å². The van der Waals surface area contributed by atoms with Crippen LogP contribution in [0.2, 0.25) is 0 Å². The molecule has 118 valence electrons. The number of halogens is 3. The minimum Gasteiger partial charge on any atom is -0.348 e. The minimum atomic E-state index is 0. The van der Waals surface area contributed by atoms with Crippen molar-refractivity contribution >= 4 is 55.8 Å². The maximum Gasteiger partial charge on any atom is 0.0925 e. The molecule has 5 heteroatoms. The molecule has 0 saturated carbocycles. The van der Waals surface area contributed by atoms with Crippen LogP contribution in [0.4, 0.5) is 0 Å². The normalized spacial score (nSPS) is 10.5. The summed E-state index contributed by atoms with van der Waals surface area (Å²) < 4.78 is 0. The number of aromatic nitrogens is 2. The van der Waals surface area contributed by atoms with E-state index in [1.54, 1.807) is 0 Å². The Morgan fingerprint density at radius 2 is 1.35 bits per heavy atom. The number of aromatic amines is 1. The number of hydrogen-bond acceptors (Lipinski definition) is 1. The number of hydrogen-bond donors (Lipinski definition) is 1. The number of nitrogens with zero attached hydrogens (tertiary/aromatic N) is 1. The van der Waals surface area contributed by atoms with Crippen LogP contribution in [-0.2, 0) is 12.8 Å². The summed E-state index contributed by atoms with van der Waals surface area (Å²) in [6.45, 7) is 0. The number of H-pyrrole nitrogens is 1. The second-order valence-corrected chi connectivity index (χ2v) is 6.62. The van der Waals surface area contributed by atoms with Gasteiger partial charge in [0.15, 0.2) is 0 Å². The first-order chi connectivity index (χ1) is 9.38. The Morgan fingerprint density at radius 1 is 0.800 bits per heavy atom. The van der Waals surface area contributed by atoms with Crippen LogP contribution >= 0.6 is 55.8 Å². The van der Waals surface area contributed by atoms with Crippen molar-refractivity contribution in [2.75, 3.05) is 10.7 Å². The van der Waals surface area contributed by atoms with E-state index in [0.717, 1.165) is 17.1 Å². The lowest BCUT2D eigenvalue weighted by atomic mass is 10.1. The van der Waals surface area contributed by atoms with E-state index < -0.39 is 0 Å². The van der Waals surface area contributed by atoms with E-state index in [-0.39, 0.29) is 24.0 Å². The molecule has 0 bridgehead atoms. The molecule has 0 atom stereocenters. The van der Waals surface area contributed by atoms with Crippen LogP contribution in [0, 0.1) is 0 Å². The summed E-state index contributed by atoms with van der Waals surface area (Å²) in [5, 5.41) is 2.27. The fourth-order valence-corrected chi connectivity index (χ4v) is 3.06. The largest absolute Gasteiger partial charge is 0.348 e. The van der Waals surface area contributed by atoms with Gasteiger partial charge in [0.1, 0.15) is 0 Å². The van der Waals surface area contributed by atoms with Gasteiger partial charge in [-0.3, -0.25) is 0 Å². The van der Waals surface area contributed by atoms with E-state index in [2.05, 4.69) is 41.8 Å². The summed E-state index contributed by atoms with van der Waals surface area (Å²) in [4.78, 5) is 7.80. The molecule has 0 saturated heterocycles. The highest BCUT2D eigenvalue weighted by molar-refractivity contribution is 14.0. The third-order valence-electron chi connectivity index (χ3n) is 3.42. The monoisotopic (exact) mass is 520 g/mol. The summed E-state index contributed by atoms with van der Waals surface area (Å²) in [5.41, 5.74) is 2.68. The van der Waals surface area contributed by atoms with E-state index >= 15 is 0 Å². The van der Waals surface area contributed by atoms with E-state index in [1.165, 1.54) is 69.2 Å². The fraction of sp³-hybridized carbons (Fsp3) is 0.800. The van der Waals surface area contributed by atoms with Crippen LogP contribution in [0.1, 0.15) is 62.8 Å². The topological polar surface area (TPSA) is 28.7 Å². The van der Waals surface area contributed by atoms with Crippen LogP contribution in [0.15, 0.2) is 6.33 Å². The van der Waals surface area contributed by atoms with Gasteiger partial charge in [-0.2, -0.15) is 0 Å². The molecule has 0 aromatic carbocycles. The van der Waals surface area contributed by atoms with E-state index in [1.807, 2.05) is 6.33 Å². The van der Waals surface area contributed by atoms with Crippen molar-refractivity contribution in [2.45, 2.75) is 64.2 Å². The lowest BCUT2D eigenvalue weighted by Gasteiger charge is -2.03. The number of alkyl halides is 2. The third kappa shape index (κ3) is 9.77. The van der Waals surface area contributed by atoms with Crippen molar-refractivity contribution in [3.63, 3.8) is 0 Å². The van der Waals surface area contributed by atoms with Crippen molar-refractivity contribution < 1.29 is 0 Å². The molecule has 0 unspecified atom stereocenters. The summed E-state index contributed by atoms with van der Waals surface area (Å²) in [6.07, 6.45) is 14.6. The number of imidazole rings is 1. The van der Waals surface area contributed by atoms with Gasteiger partial charge < -0.3 is 4.98 Å². The zero-order valence-corrected chi connectivity index (χ0v) is 17.7. The Bertz CT molecular complexity index is 290. The zero-order chi connectivity index (χ0) is 13.8. The standard InChI is InChI=1S/C15H26Br2N2.HI/c16-11-7-3-1-5-9-14-15(19-13-18-14)10-6-2-4-8-12-17;/h13H,1-12H2,(H,18,19);1H. The van der Waals surface area contributed by atoms with Gasteiger partial charge in [0.2, 0.25) is 0 Å². The molecule has 0 aliphatic carbocycles.